The summed E-state index contributed by atoms with van der Waals surface area (Å²) in [6.45, 7) is 9.39. The van der Waals surface area contributed by atoms with Crippen LogP contribution >= 0.6 is 8.07 Å². The van der Waals surface area contributed by atoms with Gasteiger partial charge in [0.25, 0.3) is 0 Å². The molecule has 2 bridgehead atoms. The van der Waals surface area contributed by atoms with Gasteiger partial charge in [-0.15, -0.1) is 0 Å². The van der Waals surface area contributed by atoms with Gasteiger partial charge >= 0.3 is 0 Å². The lowest BCUT2D eigenvalue weighted by molar-refractivity contribution is 0.321. The summed E-state index contributed by atoms with van der Waals surface area (Å²) in [5.41, 5.74) is 1.83. The van der Waals surface area contributed by atoms with Crippen molar-refractivity contribution >= 4 is 8.07 Å². The molecule has 0 aromatic rings. The van der Waals surface area contributed by atoms with Crippen LogP contribution in [0.2, 0.25) is 0 Å². The van der Waals surface area contributed by atoms with Crippen LogP contribution in [0.1, 0.15) is 40.5 Å². The molecular weight excluding hydrogens is 189 g/mol. The highest BCUT2D eigenvalue weighted by Crippen LogP contribution is 2.63. The molecule has 80 valence electrons. The Bertz CT molecular complexity index is 212. The van der Waals surface area contributed by atoms with E-state index >= 15 is 0 Å². The largest absolute Gasteiger partial charge is 0.276 e. The lowest BCUT2D eigenvalue weighted by Crippen LogP contribution is -2.34. The molecule has 0 aliphatic carbocycles. The van der Waals surface area contributed by atoms with Crippen LogP contribution in [0, 0.1) is 0 Å². The molecule has 2 heteroatoms. The summed E-state index contributed by atoms with van der Waals surface area (Å²) in [4.78, 5) is 0. The highest BCUT2D eigenvalue weighted by Gasteiger charge is 2.42. The zero-order valence-corrected chi connectivity index (χ0v) is 10.7. The molecule has 2 atom stereocenters. The Labute approximate surface area is 89.4 Å². The lowest BCUT2D eigenvalue weighted by atomic mass is 10.1. The first-order chi connectivity index (χ1) is 6.61. The van der Waals surface area contributed by atoms with Crippen molar-refractivity contribution in [3.8, 4) is 0 Å². The topological polar surface area (TPSA) is 3.24 Å². The van der Waals surface area contributed by atoms with Crippen molar-refractivity contribution in [2.24, 2.45) is 0 Å². The highest BCUT2D eigenvalue weighted by molar-refractivity contribution is 7.58. The second-order valence-corrected chi connectivity index (χ2v) is 7.59. The van der Waals surface area contributed by atoms with Crippen molar-refractivity contribution in [1.29, 1.82) is 0 Å². The van der Waals surface area contributed by atoms with E-state index in [1.165, 1.54) is 12.8 Å². The van der Waals surface area contributed by atoms with E-state index in [2.05, 4.69) is 44.5 Å². The number of hydrogen-bond donors (Lipinski definition) is 0. The molecule has 2 aliphatic rings. The van der Waals surface area contributed by atoms with Crippen molar-refractivity contribution in [3.05, 3.63) is 12.2 Å². The quantitative estimate of drug-likeness (QED) is 0.509. The molecule has 14 heavy (non-hydrogen) atoms. The Kier molecular flexibility index (Phi) is 3.00. The second-order valence-electron chi connectivity index (χ2n) is 5.04. The summed E-state index contributed by atoms with van der Waals surface area (Å²) in [5, 5.41) is 0. The molecule has 0 radical (unpaired) electrons. The standard InChI is InChI=1S/C12H22NP/c1-9(2)13(10(3)4)14-11-5-6-12(14)8-7-11/h5-6,9-12H,7-8H2,1-4H3. The number of hydrogen-bond acceptors (Lipinski definition) is 1. The molecular formula is C12H22NP. The van der Waals surface area contributed by atoms with Crippen LogP contribution in [0.25, 0.3) is 0 Å². The van der Waals surface area contributed by atoms with Gasteiger partial charge in [-0.25, -0.2) is 0 Å². The van der Waals surface area contributed by atoms with Crippen LogP contribution in [-0.2, 0) is 0 Å². The molecule has 1 fully saturated rings. The van der Waals surface area contributed by atoms with Crippen LogP contribution in [0.4, 0.5) is 0 Å². The summed E-state index contributed by atoms with van der Waals surface area (Å²) in [6.07, 6.45) is 7.86. The normalized spacial score (nSPS) is 35.5. The maximum atomic E-state index is 2.78. The Morgan fingerprint density at radius 2 is 1.43 bits per heavy atom. The van der Waals surface area contributed by atoms with E-state index in [1.54, 1.807) is 0 Å². The fourth-order valence-corrected chi connectivity index (χ4v) is 6.57. The molecule has 0 N–H and O–H groups in total. The van der Waals surface area contributed by atoms with Gasteiger partial charge in [-0.05, 0) is 48.6 Å². The van der Waals surface area contributed by atoms with Crippen molar-refractivity contribution in [2.45, 2.75) is 63.9 Å². The third-order valence-corrected chi connectivity index (χ3v) is 6.99. The maximum Gasteiger partial charge on any atom is 0.0109 e. The van der Waals surface area contributed by atoms with E-state index < -0.39 is 0 Å². The number of nitrogens with zero attached hydrogens (tertiary/aromatic N) is 1. The average molecular weight is 211 g/mol. The fourth-order valence-electron chi connectivity index (χ4n) is 2.95. The molecule has 1 nitrogen and oxygen atoms in total. The minimum absolute atomic E-state index is 0.123. The van der Waals surface area contributed by atoms with Gasteiger partial charge in [-0.1, -0.05) is 12.2 Å². The van der Waals surface area contributed by atoms with Gasteiger partial charge in [0.1, 0.15) is 0 Å². The van der Waals surface area contributed by atoms with Crippen LogP contribution in [0.3, 0.4) is 0 Å². The maximum absolute atomic E-state index is 2.78. The van der Waals surface area contributed by atoms with E-state index in [9.17, 15) is 0 Å². The predicted octanol–water partition coefficient (Wildman–Crippen LogP) is 3.60. The number of allylic oxidation sites excluding steroid dienone is 2. The van der Waals surface area contributed by atoms with Gasteiger partial charge in [-0.3, -0.25) is 4.67 Å². The molecule has 0 spiro atoms. The minimum atomic E-state index is 0.123. The van der Waals surface area contributed by atoms with E-state index in [4.69, 9.17) is 0 Å². The van der Waals surface area contributed by atoms with Gasteiger partial charge in [-0.2, -0.15) is 0 Å². The average Bonchev–Trinajstić information content (AvgIpc) is 2.64. The van der Waals surface area contributed by atoms with Crippen LogP contribution in [0.5, 0.6) is 0 Å². The molecule has 0 saturated carbocycles. The third kappa shape index (κ3) is 1.66. The number of rotatable bonds is 3. The van der Waals surface area contributed by atoms with Crippen molar-refractivity contribution in [2.75, 3.05) is 0 Å². The molecule has 0 amide bonds. The van der Waals surface area contributed by atoms with E-state index in [0.29, 0.717) is 12.1 Å². The van der Waals surface area contributed by atoms with E-state index in [1.807, 2.05) is 0 Å². The zero-order valence-electron chi connectivity index (χ0n) is 9.77. The molecule has 1 saturated heterocycles. The Morgan fingerprint density at radius 1 is 1.00 bits per heavy atom. The monoisotopic (exact) mass is 211 g/mol. The summed E-state index contributed by atoms with van der Waals surface area (Å²) >= 11 is 0. The van der Waals surface area contributed by atoms with Gasteiger partial charge < -0.3 is 0 Å². The van der Waals surface area contributed by atoms with Crippen LogP contribution < -0.4 is 0 Å². The highest BCUT2D eigenvalue weighted by atomic mass is 31.1. The van der Waals surface area contributed by atoms with E-state index in [-0.39, 0.29) is 8.07 Å². The molecule has 0 aromatic heterocycles. The van der Waals surface area contributed by atoms with Crippen molar-refractivity contribution in [1.82, 2.24) is 4.67 Å². The van der Waals surface area contributed by atoms with Gasteiger partial charge in [0.2, 0.25) is 0 Å². The van der Waals surface area contributed by atoms with E-state index in [0.717, 1.165) is 11.3 Å². The van der Waals surface area contributed by atoms with Crippen LogP contribution in [-0.4, -0.2) is 28.1 Å². The van der Waals surface area contributed by atoms with Gasteiger partial charge in [0, 0.05) is 23.4 Å². The summed E-state index contributed by atoms with van der Waals surface area (Å²) < 4.78 is 2.78. The summed E-state index contributed by atoms with van der Waals surface area (Å²) in [7, 11) is 0.123. The van der Waals surface area contributed by atoms with Crippen molar-refractivity contribution < 1.29 is 0 Å². The molecule has 2 aliphatic heterocycles. The summed E-state index contributed by atoms with van der Waals surface area (Å²) in [6, 6.07) is 1.42. The molecule has 0 aromatic carbocycles. The van der Waals surface area contributed by atoms with Crippen LogP contribution in [0.15, 0.2) is 12.2 Å². The third-order valence-electron chi connectivity index (χ3n) is 3.32. The van der Waals surface area contributed by atoms with Gasteiger partial charge in [0.05, 0.1) is 0 Å². The Morgan fingerprint density at radius 3 is 1.71 bits per heavy atom. The first kappa shape index (κ1) is 10.6. The smallest absolute Gasteiger partial charge is 0.0109 e. The second kappa shape index (κ2) is 3.94. The first-order valence-electron chi connectivity index (χ1n) is 5.86. The predicted molar refractivity (Wildman–Crippen MR) is 65.0 cm³/mol. The first-order valence-corrected chi connectivity index (χ1v) is 7.29. The van der Waals surface area contributed by atoms with Gasteiger partial charge in [0.15, 0.2) is 0 Å². The Balaban J connectivity index is 2.13. The summed E-state index contributed by atoms with van der Waals surface area (Å²) in [5.74, 6) is 0. The molecule has 2 unspecified atom stereocenters. The SMILES string of the molecule is CC(C)N(C(C)C)P1C2C=CC1CC2. The lowest BCUT2D eigenvalue weighted by Gasteiger charge is -2.39. The minimum Gasteiger partial charge on any atom is -0.276 e. The molecule has 2 heterocycles. The molecule has 2 rings (SSSR count). The zero-order chi connectivity index (χ0) is 10.3. The number of fused-ring (bicyclic) bond motifs is 2. The Hall–Kier alpha value is 0.130. The van der Waals surface area contributed by atoms with Crippen molar-refractivity contribution in [3.63, 3.8) is 0 Å². The fraction of sp³-hybridized carbons (Fsp3) is 0.833.